The topological polar surface area (TPSA) is 73.3 Å². The van der Waals surface area contributed by atoms with E-state index >= 15 is 0 Å². The van der Waals surface area contributed by atoms with E-state index in [0.717, 1.165) is 23.1 Å². The van der Waals surface area contributed by atoms with Gasteiger partial charge in [0.2, 0.25) is 0 Å². The molecule has 1 saturated heterocycles. The highest BCUT2D eigenvalue weighted by atomic mass is 16.5. The Morgan fingerprint density at radius 3 is 2.52 bits per heavy atom. The predicted molar refractivity (Wildman–Crippen MR) is 119 cm³/mol. The van der Waals surface area contributed by atoms with Crippen LogP contribution in [0.2, 0.25) is 0 Å². The molecule has 1 N–H and O–H groups in total. The minimum atomic E-state index is -0.219. The molecule has 6 heteroatoms. The van der Waals surface area contributed by atoms with E-state index in [2.05, 4.69) is 46.5 Å². The van der Waals surface area contributed by atoms with Crippen LogP contribution in [0, 0.1) is 13.8 Å². The Balaban J connectivity index is 1.61. The molecular formula is C25H27N3O3. The lowest BCUT2D eigenvalue weighted by molar-refractivity contribution is 0.0938. The molecule has 6 nitrogen and oxygen atoms in total. The summed E-state index contributed by atoms with van der Waals surface area (Å²) in [5.74, 6) is 1.20. The Kier molecular flexibility index (Phi) is 6.28. The van der Waals surface area contributed by atoms with E-state index < -0.39 is 0 Å². The summed E-state index contributed by atoms with van der Waals surface area (Å²) in [5, 5.41) is 3.04. The van der Waals surface area contributed by atoms with Crippen molar-refractivity contribution in [2.75, 3.05) is 13.2 Å². The number of carbonyl (C=O) groups is 1. The zero-order valence-electron chi connectivity index (χ0n) is 18.1. The minimum absolute atomic E-state index is 0.00723. The Labute approximate surface area is 182 Å². The number of hydrogen-bond acceptors (Lipinski definition) is 5. The molecular weight excluding hydrogens is 390 g/mol. The summed E-state index contributed by atoms with van der Waals surface area (Å²) in [5.41, 5.74) is 4.56. The molecule has 2 heterocycles. The van der Waals surface area contributed by atoms with Gasteiger partial charge in [-0.25, -0.2) is 9.97 Å². The molecule has 0 aliphatic carbocycles. The van der Waals surface area contributed by atoms with Crippen LogP contribution in [-0.4, -0.2) is 35.2 Å². The minimum Gasteiger partial charge on any atom is -0.488 e. The Hall–Kier alpha value is -3.25. The number of aryl methyl sites for hydroxylation is 2. The van der Waals surface area contributed by atoms with Crippen molar-refractivity contribution in [1.82, 2.24) is 15.3 Å². The zero-order valence-corrected chi connectivity index (χ0v) is 18.1. The fourth-order valence-electron chi connectivity index (χ4n) is 3.50. The molecule has 160 valence electrons. The van der Waals surface area contributed by atoms with Gasteiger partial charge in [0.1, 0.15) is 17.7 Å². The molecule has 2 atom stereocenters. The predicted octanol–water partition coefficient (Wildman–Crippen LogP) is 4.42. The summed E-state index contributed by atoms with van der Waals surface area (Å²) in [7, 11) is 0. The molecule has 0 radical (unpaired) electrons. The summed E-state index contributed by atoms with van der Waals surface area (Å²) in [6, 6.07) is 13.7. The number of amides is 1. The van der Waals surface area contributed by atoms with Crippen LogP contribution in [0.25, 0.3) is 11.1 Å². The molecule has 0 spiro atoms. The normalized spacial score (nSPS) is 16.7. The Bertz CT molecular complexity index is 1040. The molecule has 2 aromatic carbocycles. The molecule has 4 rings (SSSR count). The maximum absolute atomic E-state index is 13.1. The number of carbonyl (C=O) groups excluding carboxylic acids is 1. The lowest BCUT2D eigenvalue weighted by Gasteiger charge is -2.17. The molecule has 0 saturated carbocycles. The molecule has 0 bridgehead atoms. The summed E-state index contributed by atoms with van der Waals surface area (Å²) >= 11 is 0. The summed E-state index contributed by atoms with van der Waals surface area (Å²) < 4.78 is 11.6. The van der Waals surface area contributed by atoms with Crippen molar-refractivity contribution < 1.29 is 14.3 Å². The second kappa shape index (κ2) is 9.27. The number of rotatable bonds is 6. The first kappa shape index (κ1) is 21.0. The van der Waals surface area contributed by atoms with Crippen molar-refractivity contribution in [3.05, 3.63) is 77.4 Å². The van der Waals surface area contributed by atoms with Crippen molar-refractivity contribution in [3.63, 3.8) is 0 Å². The van der Waals surface area contributed by atoms with E-state index in [1.807, 2.05) is 26.0 Å². The van der Waals surface area contributed by atoms with Crippen LogP contribution < -0.4 is 10.1 Å². The first-order valence-electron chi connectivity index (χ1n) is 10.5. The van der Waals surface area contributed by atoms with Gasteiger partial charge >= 0.3 is 0 Å². The molecule has 1 aliphatic rings. The fraction of sp³-hybridized carbons (Fsp3) is 0.320. The van der Waals surface area contributed by atoms with Crippen LogP contribution in [0.15, 0.2) is 54.9 Å². The van der Waals surface area contributed by atoms with E-state index in [-0.39, 0.29) is 18.1 Å². The largest absolute Gasteiger partial charge is 0.488 e. The standard InChI is InChI=1S/C25H27N3O3/c1-16-4-6-19(7-5-16)20-10-21(12-24(11-20)31-23-8-9-30-15-23)25(29)28-17(2)22-13-26-18(3)27-14-22/h4-7,10-14,17,23H,8-9,15H2,1-3H3,(H,28,29)/t17-,23?/m1/s1. The van der Waals surface area contributed by atoms with Gasteiger partial charge in [-0.2, -0.15) is 0 Å². The first-order valence-corrected chi connectivity index (χ1v) is 10.5. The van der Waals surface area contributed by atoms with Crippen molar-refractivity contribution >= 4 is 5.91 Å². The molecule has 1 amide bonds. The van der Waals surface area contributed by atoms with Crippen LogP contribution >= 0.6 is 0 Å². The highest BCUT2D eigenvalue weighted by Crippen LogP contribution is 2.28. The highest BCUT2D eigenvalue weighted by molar-refractivity contribution is 5.96. The summed E-state index contributed by atoms with van der Waals surface area (Å²) in [6.45, 7) is 7.08. The SMILES string of the molecule is Cc1ccc(-c2cc(OC3CCOC3)cc(C(=O)N[C@H](C)c3cnc(C)nc3)c2)cc1. The maximum atomic E-state index is 13.1. The van der Waals surface area contributed by atoms with Gasteiger partial charge in [-0.1, -0.05) is 29.8 Å². The lowest BCUT2D eigenvalue weighted by atomic mass is 10.0. The number of ether oxygens (including phenoxy) is 2. The zero-order chi connectivity index (χ0) is 21.8. The van der Waals surface area contributed by atoms with Crippen LogP contribution in [0.3, 0.4) is 0 Å². The molecule has 1 fully saturated rings. The van der Waals surface area contributed by atoms with E-state index in [1.54, 1.807) is 18.5 Å². The van der Waals surface area contributed by atoms with Crippen LogP contribution in [0.1, 0.15) is 46.7 Å². The third-order valence-corrected chi connectivity index (χ3v) is 5.39. The highest BCUT2D eigenvalue weighted by Gasteiger charge is 2.19. The molecule has 31 heavy (non-hydrogen) atoms. The fourth-order valence-corrected chi connectivity index (χ4v) is 3.50. The smallest absolute Gasteiger partial charge is 0.251 e. The summed E-state index contributed by atoms with van der Waals surface area (Å²) in [6.07, 6.45) is 4.34. The van der Waals surface area contributed by atoms with E-state index in [0.29, 0.717) is 30.4 Å². The van der Waals surface area contributed by atoms with Gasteiger partial charge in [0.25, 0.3) is 5.91 Å². The van der Waals surface area contributed by atoms with Gasteiger partial charge in [0.15, 0.2) is 0 Å². The van der Waals surface area contributed by atoms with E-state index in [1.165, 1.54) is 5.56 Å². The first-order chi connectivity index (χ1) is 15.0. The molecule has 1 unspecified atom stereocenters. The average molecular weight is 418 g/mol. The quantitative estimate of drug-likeness (QED) is 0.643. The maximum Gasteiger partial charge on any atom is 0.251 e. The van der Waals surface area contributed by atoms with Crippen LogP contribution in [0.4, 0.5) is 0 Å². The van der Waals surface area contributed by atoms with Gasteiger partial charge in [-0.3, -0.25) is 4.79 Å². The second-order valence-corrected chi connectivity index (χ2v) is 7.97. The molecule has 3 aromatic rings. The number of hydrogen-bond donors (Lipinski definition) is 1. The van der Waals surface area contributed by atoms with Crippen molar-refractivity contribution in [1.29, 1.82) is 0 Å². The van der Waals surface area contributed by atoms with E-state index in [9.17, 15) is 4.79 Å². The third kappa shape index (κ3) is 5.27. The van der Waals surface area contributed by atoms with Gasteiger partial charge in [-0.15, -0.1) is 0 Å². The Morgan fingerprint density at radius 1 is 1.10 bits per heavy atom. The van der Waals surface area contributed by atoms with Crippen molar-refractivity contribution in [2.45, 2.75) is 39.3 Å². The van der Waals surface area contributed by atoms with E-state index in [4.69, 9.17) is 9.47 Å². The van der Waals surface area contributed by atoms with Crippen molar-refractivity contribution in [3.8, 4) is 16.9 Å². The number of aromatic nitrogens is 2. The molecule has 1 aromatic heterocycles. The van der Waals surface area contributed by atoms with Gasteiger partial charge in [0.05, 0.1) is 19.3 Å². The Morgan fingerprint density at radius 2 is 1.84 bits per heavy atom. The van der Waals surface area contributed by atoms with Gasteiger partial charge in [0, 0.05) is 29.9 Å². The number of benzene rings is 2. The molecule has 1 aliphatic heterocycles. The van der Waals surface area contributed by atoms with Crippen LogP contribution in [-0.2, 0) is 4.74 Å². The number of nitrogens with zero attached hydrogens (tertiary/aromatic N) is 2. The summed E-state index contributed by atoms with van der Waals surface area (Å²) in [4.78, 5) is 21.5. The number of nitrogens with one attached hydrogen (secondary N) is 1. The van der Waals surface area contributed by atoms with Gasteiger partial charge in [-0.05, 0) is 50.1 Å². The van der Waals surface area contributed by atoms with Gasteiger partial charge < -0.3 is 14.8 Å². The monoisotopic (exact) mass is 417 g/mol. The van der Waals surface area contributed by atoms with Crippen LogP contribution in [0.5, 0.6) is 5.75 Å². The second-order valence-electron chi connectivity index (χ2n) is 7.97. The van der Waals surface area contributed by atoms with Crippen molar-refractivity contribution in [2.24, 2.45) is 0 Å². The third-order valence-electron chi connectivity index (χ3n) is 5.39. The lowest BCUT2D eigenvalue weighted by Crippen LogP contribution is -2.27. The average Bonchev–Trinajstić information content (AvgIpc) is 3.27.